The van der Waals surface area contributed by atoms with Crippen LogP contribution in [0.4, 0.5) is 14.9 Å². The van der Waals surface area contributed by atoms with Crippen molar-refractivity contribution >= 4 is 17.7 Å². The van der Waals surface area contributed by atoms with E-state index in [9.17, 15) is 14.0 Å². The van der Waals surface area contributed by atoms with Crippen LogP contribution in [0.3, 0.4) is 0 Å². The predicted octanol–water partition coefficient (Wildman–Crippen LogP) is 3.33. The maximum absolute atomic E-state index is 13.5. The van der Waals surface area contributed by atoms with E-state index in [1.165, 1.54) is 6.07 Å². The molecule has 1 unspecified atom stereocenters. The van der Waals surface area contributed by atoms with Gasteiger partial charge in [0.2, 0.25) is 0 Å². The first-order chi connectivity index (χ1) is 9.61. The summed E-state index contributed by atoms with van der Waals surface area (Å²) >= 11 is 0. The molecule has 3 N–H and O–H groups in total. The number of aromatic carboxylic acids is 1. The van der Waals surface area contributed by atoms with Gasteiger partial charge in [-0.05, 0) is 29.5 Å². The number of hydrogen-bond donors (Lipinski definition) is 3. The second kappa shape index (κ2) is 6.56. The normalized spacial score (nSPS) is 12.6. The lowest BCUT2D eigenvalue weighted by Crippen LogP contribution is -2.36. The van der Waals surface area contributed by atoms with Crippen molar-refractivity contribution < 1.29 is 19.1 Å². The van der Waals surface area contributed by atoms with Crippen molar-refractivity contribution in [1.82, 2.24) is 5.32 Å². The molecule has 0 aliphatic rings. The smallest absolute Gasteiger partial charge is 0.338 e. The lowest BCUT2D eigenvalue weighted by atomic mass is 9.82. The summed E-state index contributed by atoms with van der Waals surface area (Å²) in [4.78, 5) is 22.4. The number of halogens is 1. The molecule has 0 aliphatic carbocycles. The highest BCUT2D eigenvalue weighted by molar-refractivity contribution is 5.91. The summed E-state index contributed by atoms with van der Waals surface area (Å²) < 4.78 is 13.5. The largest absolute Gasteiger partial charge is 0.478 e. The van der Waals surface area contributed by atoms with Crippen molar-refractivity contribution in [1.29, 1.82) is 0 Å². The van der Waals surface area contributed by atoms with Gasteiger partial charge in [-0.25, -0.2) is 14.0 Å². The van der Waals surface area contributed by atoms with Gasteiger partial charge < -0.3 is 15.7 Å². The van der Waals surface area contributed by atoms with E-state index in [0.29, 0.717) is 6.54 Å². The van der Waals surface area contributed by atoms with E-state index in [0.717, 1.165) is 12.1 Å². The molecule has 1 aromatic rings. The Morgan fingerprint density at radius 1 is 1.33 bits per heavy atom. The first kappa shape index (κ1) is 16.9. The Kier molecular flexibility index (Phi) is 5.29. The Morgan fingerprint density at radius 2 is 1.95 bits per heavy atom. The highest BCUT2D eigenvalue weighted by Gasteiger charge is 2.20. The molecular formula is C15H21FN2O3. The van der Waals surface area contributed by atoms with Gasteiger partial charge in [0.05, 0.1) is 5.56 Å². The van der Waals surface area contributed by atoms with Crippen molar-refractivity contribution in [2.45, 2.75) is 27.7 Å². The van der Waals surface area contributed by atoms with Crippen LogP contribution in [0.1, 0.15) is 38.1 Å². The zero-order valence-corrected chi connectivity index (χ0v) is 12.7. The highest BCUT2D eigenvalue weighted by atomic mass is 19.1. The zero-order chi connectivity index (χ0) is 16.2. The Labute approximate surface area is 123 Å². The number of carbonyl (C=O) groups is 2. The van der Waals surface area contributed by atoms with Gasteiger partial charge in [0.25, 0.3) is 0 Å². The number of hydrogen-bond acceptors (Lipinski definition) is 2. The molecule has 1 rings (SSSR count). The second-order valence-corrected chi connectivity index (χ2v) is 6.10. The minimum Gasteiger partial charge on any atom is -0.478 e. The third-order valence-electron chi connectivity index (χ3n) is 3.50. The third-order valence-corrected chi connectivity index (χ3v) is 3.50. The molecule has 5 nitrogen and oxygen atoms in total. The van der Waals surface area contributed by atoms with Crippen molar-refractivity contribution in [2.24, 2.45) is 11.3 Å². The fourth-order valence-corrected chi connectivity index (χ4v) is 1.49. The quantitative estimate of drug-likeness (QED) is 0.797. The van der Waals surface area contributed by atoms with E-state index in [-0.39, 0.29) is 17.0 Å². The van der Waals surface area contributed by atoms with E-state index in [1.54, 1.807) is 0 Å². The van der Waals surface area contributed by atoms with Gasteiger partial charge >= 0.3 is 12.0 Å². The maximum Gasteiger partial charge on any atom is 0.338 e. The average Bonchev–Trinajstić information content (AvgIpc) is 2.34. The number of urea groups is 1. The Balaban J connectivity index is 2.60. The second-order valence-electron chi connectivity index (χ2n) is 6.10. The molecule has 2 amide bonds. The number of benzene rings is 1. The number of carboxylic acids is 1. The number of amides is 2. The first-order valence-corrected chi connectivity index (χ1v) is 6.69. The molecule has 1 atom stereocenters. The molecule has 0 saturated carbocycles. The molecule has 116 valence electrons. The van der Waals surface area contributed by atoms with E-state index in [1.807, 2.05) is 6.92 Å². The summed E-state index contributed by atoms with van der Waals surface area (Å²) in [7, 11) is 0. The van der Waals surface area contributed by atoms with Crippen molar-refractivity contribution in [3.05, 3.63) is 29.6 Å². The van der Waals surface area contributed by atoms with Crippen molar-refractivity contribution in [3.8, 4) is 0 Å². The molecule has 0 bridgehead atoms. The molecule has 6 heteroatoms. The molecule has 0 radical (unpaired) electrons. The van der Waals surface area contributed by atoms with Gasteiger partial charge in [-0.3, -0.25) is 0 Å². The van der Waals surface area contributed by atoms with Crippen LogP contribution >= 0.6 is 0 Å². The minimum atomic E-state index is -1.34. The summed E-state index contributed by atoms with van der Waals surface area (Å²) in [5.41, 5.74) is -0.150. The van der Waals surface area contributed by atoms with E-state index >= 15 is 0 Å². The predicted molar refractivity (Wildman–Crippen MR) is 79.0 cm³/mol. The Bertz CT molecular complexity index is 538. The summed E-state index contributed by atoms with van der Waals surface area (Å²) in [5.74, 6) is -1.96. The average molecular weight is 296 g/mol. The number of carbonyl (C=O) groups excluding carboxylic acids is 1. The molecule has 21 heavy (non-hydrogen) atoms. The maximum atomic E-state index is 13.5. The molecule has 0 aromatic heterocycles. The molecular weight excluding hydrogens is 275 g/mol. The van der Waals surface area contributed by atoms with Crippen molar-refractivity contribution in [2.75, 3.05) is 11.9 Å². The first-order valence-electron chi connectivity index (χ1n) is 6.69. The molecule has 0 spiro atoms. The van der Waals surface area contributed by atoms with Crippen LogP contribution < -0.4 is 10.6 Å². The number of carboxylic acid groups (broad SMARTS) is 1. The van der Waals surface area contributed by atoms with E-state index < -0.39 is 23.4 Å². The van der Waals surface area contributed by atoms with Crippen LogP contribution in [0.25, 0.3) is 0 Å². The zero-order valence-electron chi connectivity index (χ0n) is 12.7. The van der Waals surface area contributed by atoms with Crippen LogP contribution in [0.5, 0.6) is 0 Å². The third kappa shape index (κ3) is 5.06. The van der Waals surface area contributed by atoms with Crippen LogP contribution in [0, 0.1) is 17.2 Å². The lowest BCUT2D eigenvalue weighted by Gasteiger charge is -2.27. The SMILES string of the molecule is CC(CNC(=O)Nc1ccc(C(=O)O)c(F)c1)C(C)(C)C. The van der Waals surface area contributed by atoms with Crippen LogP contribution in [-0.4, -0.2) is 23.7 Å². The van der Waals surface area contributed by atoms with E-state index in [2.05, 4.69) is 31.4 Å². The summed E-state index contributed by atoms with van der Waals surface area (Å²) in [6.45, 7) is 8.76. The van der Waals surface area contributed by atoms with Crippen LogP contribution in [0.2, 0.25) is 0 Å². The lowest BCUT2D eigenvalue weighted by molar-refractivity contribution is 0.0692. The number of nitrogens with one attached hydrogen (secondary N) is 2. The molecule has 1 aromatic carbocycles. The van der Waals surface area contributed by atoms with Gasteiger partial charge in [-0.1, -0.05) is 27.7 Å². The van der Waals surface area contributed by atoms with E-state index in [4.69, 9.17) is 5.11 Å². The standard InChI is InChI=1S/C15H21FN2O3/c1-9(15(2,3)4)8-17-14(21)18-10-5-6-11(13(19)20)12(16)7-10/h5-7,9H,8H2,1-4H3,(H,19,20)(H2,17,18,21). The van der Waals surface area contributed by atoms with Gasteiger partial charge in [0, 0.05) is 12.2 Å². The van der Waals surface area contributed by atoms with Gasteiger partial charge in [0.15, 0.2) is 0 Å². The van der Waals surface area contributed by atoms with Crippen LogP contribution in [0.15, 0.2) is 18.2 Å². The van der Waals surface area contributed by atoms with Gasteiger partial charge in [-0.2, -0.15) is 0 Å². The fourth-order valence-electron chi connectivity index (χ4n) is 1.49. The van der Waals surface area contributed by atoms with Crippen LogP contribution in [-0.2, 0) is 0 Å². The monoisotopic (exact) mass is 296 g/mol. The van der Waals surface area contributed by atoms with Gasteiger partial charge in [0.1, 0.15) is 5.82 Å². The Hall–Kier alpha value is -2.11. The molecule has 0 heterocycles. The van der Waals surface area contributed by atoms with Gasteiger partial charge in [-0.15, -0.1) is 0 Å². The summed E-state index contributed by atoms with van der Waals surface area (Å²) in [5, 5.41) is 13.9. The molecule has 0 fully saturated rings. The minimum absolute atomic E-state index is 0.0719. The van der Waals surface area contributed by atoms with Crippen molar-refractivity contribution in [3.63, 3.8) is 0 Å². The molecule has 0 aliphatic heterocycles. The fraction of sp³-hybridized carbons (Fsp3) is 0.467. The summed E-state index contributed by atoms with van der Waals surface area (Å²) in [6.07, 6.45) is 0. The number of anilines is 1. The Morgan fingerprint density at radius 3 is 2.43 bits per heavy atom. The summed E-state index contributed by atoms with van der Waals surface area (Å²) in [6, 6.07) is 2.99. The topological polar surface area (TPSA) is 78.4 Å². The number of rotatable bonds is 4. The highest BCUT2D eigenvalue weighted by Crippen LogP contribution is 2.24. The molecule has 0 saturated heterocycles.